The number of carbonyl (C=O) groups is 1. The van der Waals surface area contributed by atoms with Crippen molar-refractivity contribution in [2.45, 2.75) is 44.2 Å². The van der Waals surface area contributed by atoms with Gasteiger partial charge in [-0.2, -0.15) is 0 Å². The molecule has 96 valence electrons. The second-order valence-electron chi connectivity index (χ2n) is 5.68. The number of hydrogen-bond acceptors (Lipinski definition) is 2. The highest BCUT2D eigenvalue weighted by Crippen LogP contribution is 2.32. The van der Waals surface area contributed by atoms with Crippen molar-refractivity contribution in [2.24, 2.45) is 5.92 Å². The standard InChI is InChI=1S/C15H19NO2/c17-15(18)12-3-1-10(2-4-12)7-11-8-13-5-6-14(9-11)16-13/h1-4,11,13-14,16H,5-9H2,(H,17,18)/t11?,13-,14+. The van der Waals surface area contributed by atoms with E-state index in [1.807, 2.05) is 12.1 Å². The zero-order valence-electron chi connectivity index (χ0n) is 10.4. The molecule has 18 heavy (non-hydrogen) atoms. The van der Waals surface area contributed by atoms with E-state index in [2.05, 4.69) is 5.32 Å². The van der Waals surface area contributed by atoms with Crippen molar-refractivity contribution in [3.8, 4) is 0 Å². The smallest absolute Gasteiger partial charge is 0.335 e. The highest BCUT2D eigenvalue weighted by molar-refractivity contribution is 5.87. The molecule has 3 heteroatoms. The monoisotopic (exact) mass is 245 g/mol. The van der Waals surface area contributed by atoms with Crippen LogP contribution in [0.25, 0.3) is 0 Å². The first-order chi connectivity index (χ1) is 8.70. The molecule has 0 spiro atoms. The van der Waals surface area contributed by atoms with Crippen LogP contribution in [0.2, 0.25) is 0 Å². The molecule has 0 aliphatic carbocycles. The predicted molar refractivity (Wildman–Crippen MR) is 69.8 cm³/mol. The fourth-order valence-corrected chi connectivity index (χ4v) is 3.46. The number of benzene rings is 1. The molecular formula is C15H19NO2. The first kappa shape index (κ1) is 11.7. The van der Waals surface area contributed by atoms with Crippen LogP contribution in [0.1, 0.15) is 41.6 Å². The van der Waals surface area contributed by atoms with Gasteiger partial charge in [0.05, 0.1) is 5.56 Å². The van der Waals surface area contributed by atoms with Crippen LogP contribution in [0.15, 0.2) is 24.3 Å². The van der Waals surface area contributed by atoms with Gasteiger partial charge in [0, 0.05) is 12.1 Å². The Morgan fingerprint density at radius 1 is 1.17 bits per heavy atom. The molecule has 1 unspecified atom stereocenters. The Morgan fingerprint density at radius 2 is 1.78 bits per heavy atom. The van der Waals surface area contributed by atoms with Gasteiger partial charge in [0.25, 0.3) is 0 Å². The average Bonchev–Trinajstić information content (AvgIpc) is 2.69. The summed E-state index contributed by atoms with van der Waals surface area (Å²) < 4.78 is 0. The SMILES string of the molecule is O=C(O)c1ccc(CC2C[C@H]3CC[C@@H](C2)N3)cc1. The number of carboxylic acids is 1. The fourth-order valence-electron chi connectivity index (χ4n) is 3.46. The predicted octanol–water partition coefficient (Wildman–Crippen LogP) is 2.46. The molecule has 2 saturated heterocycles. The lowest BCUT2D eigenvalue weighted by atomic mass is 9.87. The maximum atomic E-state index is 10.8. The van der Waals surface area contributed by atoms with E-state index in [-0.39, 0.29) is 0 Å². The van der Waals surface area contributed by atoms with E-state index in [0.717, 1.165) is 24.4 Å². The molecule has 2 bridgehead atoms. The summed E-state index contributed by atoms with van der Waals surface area (Å²) in [6.07, 6.45) is 6.31. The van der Waals surface area contributed by atoms with Crippen LogP contribution in [0, 0.1) is 5.92 Å². The second-order valence-corrected chi connectivity index (χ2v) is 5.68. The van der Waals surface area contributed by atoms with Crippen LogP contribution in [0.5, 0.6) is 0 Å². The molecule has 3 rings (SSSR count). The van der Waals surface area contributed by atoms with Crippen LogP contribution in [0.4, 0.5) is 0 Å². The molecule has 1 aromatic rings. The minimum absolute atomic E-state index is 0.379. The number of piperidine rings is 1. The molecular weight excluding hydrogens is 226 g/mol. The van der Waals surface area contributed by atoms with Gasteiger partial charge in [-0.25, -0.2) is 4.79 Å². The minimum Gasteiger partial charge on any atom is -0.478 e. The Balaban J connectivity index is 1.64. The third kappa shape index (κ3) is 2.41. The van der Waals surface area contributed by atoms with Gasteiger partial charge in [-0.3, -0.25) is 0 Å². The van der Waals surface area contributed by atoms with Gasteiger partial charge in [0.15, 0.2) is 0 Å². The molecule has 2 heterocycles. The number of aromatic carboxylic acids is 1. The van der Waals surface area contributed by atoms with E-state index in [9.17, 15) is 4.79 Å². The van der Waals surface area contributed by atoms with Crippen LogP contribution in [-0.4, -0.2) is 23.2 Å². The lowest BCUT2D eigenvalue weighted by molar-refractivity contribution is 0.0697. The van der Waals surface area contributed by atoms with Crippen molar-refractivity contribution in [1.82, 2.24) is 5.32 Å². The van der Waals surface area contributed by atoms with E-state index in [1.54, 1.807) is 12.1 Å². The van der Waals surface area contributed by atoms with Gasteiger partial charge in [-0.1, -0.05) is 12.1 Å². The summed E-state index contributed by atoms with van der Waals surface area (Å²) in [6, 6.07) is 8.82. The molecule has 2 aliphatic rings. The van der Waals surface area contributed by atoms with Gasteiger partial charge in [0.1, 0.15) is 0 Å². The normalized spacial score (nSPS) is 30.3. The van der Waals surface area contributed by atoms with Crippen molar-refractivity contribution in [2.75, 3.05) is 0 Å². The highest BCUT2D eigenvalue weighted by Gasteiger charge is 2.33. The maximum Gasteiger partial charge on any atom is 0.335 e. The molecule has 0 radical (unpaired) electrons. The molecule has 2 N–H and O–H groups in total. The van der Waals surface area contributed by atoms with Crippen molar-refractivity contribution in [3.05, 3.63) is 35.4 Å². The van der Waals surface area contributed by atoms with Crippen molar-refractivity contribution < 1.29 is 9.90 Å². The molecule has 0 amide bonds. The topological polar surface area (TPSA) is 49.3 Å². The summed E-state index contributed by atoms with van der Waals surface area (Å²) in [6.45, 7) is 0. The van der Waals surface area contributed by atoms with Crippen LogP contribution >= 0.6 is 0 Å². The van der Waals surface area contributed by atoms with E-state index in [4.69, 9.17) is 5.11 Å². The van der Waals surface area contributed by atoms with Gasteiger partial charge in [-0.05, 0) is 55.7 Å². The number of rotatable bonds is 3. The fraction of sp³-hybridized carbons (Fsp3) is 0.533. The van der Waals surface area contributed by atoms with Crippen LogP contribution in [0.3, 0.4) is 0 Å². The van der Waals surface area contributed by atoms with Crippen LogP contribution in [-0.2, 0) is 6.42 Å². The summed E-state index contributed by atoms with van der Waals surface area (Å²) in [4.78, 5) is 10.8. The zero-order valence-corrected chi connectivity index (χ0v) is 10.4. The number of hydrogen-bond donors (Lipinski definition) is 2. The molecule has 2 fully saturated rings. The lowest BCUT2D eigenvalue weighted by Crippen LogP contribution is -2.38. The molecule has 1 aromatic carbocycles. The lowest BCUT2D eigenvalue weighted by Gasteiger charge is -2.29. The van der Waals surface area contributed by atoms with Crippen molar-refractivity contribution in [1.29, 1.82) is 0 Å². The molecule has 0 aromatic heterocycles. The number of carboxylic acid groups (broad SMARTS) is 1. The molecule has 3 atom stereocenters. The van der Waals surface area contributed by atoms with Crippen molar-refractivity contribution >= 4 is 5.97 Å². The first-order valence-corrected chi connectivity index (χ1v) is 6.79. The van der Waals surface area contributed by atoms with E-state index in [1.165, 1.54) is 31.2 Å². The summed E-state index contributed by atoms with van der Waals surface area (Å²) in [7, 11) is 0. The average molecular weight is 245 g/mol. The summed E-state index contributed by atoms with van der Waals surface area (Å²) in [5.74, 6) is -0.0825. The van der Waals surface area contributed by atoms with Crippen LogP contribution < -0.4 is 5.32 Å². The molecule has 2 aliphatic heterocycles. The third-order valence-electron chi connectivity index (χ3n) is 4.30. The Kier molecular flexibility index (Phi) is 3.08. The molecule has 0 saturated carbocycles. The first-order valence-electron chi connectivity index (χ1n) is 6.79. The zero-order chi connectivity index (χ0) is 12.5. The molecule has 3 nitrogen and oxygen atoms in total. The Hall–Kier alpha value is -1.35. The Labute approximate surface area is 107 Å². The van der Waals surface area contributed by atoms with E-state index >= 15 is 0 Å². The maximum absolute atomic E-state index is 10.8. The van der Waals surface area contributed by atoms with Gasteiger partial charge in [0.2, 0.25) is 0 Å². The number of nitrogens with one attached hydrogen (secondary N) is 1. The van der Waals surface area contributed by atoms with Crippen molar-refractivity contribution in [3.63, 3.8) is 0 Å². The Bertz CT molecular complexity index is 428. The van der Waals surface area contributed by atoms with Gasteiger partial charge in [-0.15, -0.1) is 0 Å². The largest absolute Gasteiger partial charge is 0.478 e. The quantitative estimate of drug-likeness (QED) is 0.860. The second kappa shape index (κ2) is 4.73. The van der Waals surface area contributed by atoms with Gasteiger partial charge < -0.3 is 10.4 Å². The van der Waals surface area contributed by atoms with Gasteiger partial charge >= 0.3 is 5.97 Å². The summed E-state index contributed by atoms with van der Waals surface area (Å²) >= 11 is 0. The van der Waals surface area contributed by atoms with E-state index in [0.29, 0.717) is 5.56 Å². The third-order valence-corrected chi connectivity index (χ3v) is 4.30. The van der Waals surface area contributed by atoms with E-state index < -0.39 is 5.97 Å². The summed E-state index contributed by atoms with van der Waals surface area (Å²) in [5.41, 5.74) is 1.65. The number of fused-ring (bicyclic) bond motifs is 2. The summed E-state index contributed by atoms with van der Waals surface area (Å²) in [5, 5.41) is 12.5. The Morgan fingerprint density at radius 3 is 2.33 bits per heavy atom. The minimum atomic E-state index is -0.846. The highest BCUT2D eigenvalue weighted by atomic mass is 16.4.